The summed E-state index contributed by atoms with van der Waals surface area (Å²) in [6.07, 6.45) is 0. The van der Waals surface area contributed by atoms with Gasteiger partial charge in [0.1, 0.15) is 13.2 Å². The van der Waals surface area contributed by atoms with Crippen LogP contribution in [0.25, 0.3) is 0 Å². The number of hydrogen-bond donors (Lipinski definition) is 2. The van der Waals surface area contributed by atoms with E-state index in [0.717, 1.165) is 27.3 Å². The minimum atomic E-state index is 0.579. The molecule has 3 rings (SSSR count). The Morgan fingerprint density at radius 3 is 2.63 bits per heavy atom. The molecule has 0 saturated heterocycles. The molecule has 19 heavy (non-hydrogen) atoms. The van der Waals surface area contributed by atoms with Gasteiger partial charge >= 0.3 is 0 Å². The number of hydrogen-bond acceptors (Lipinski definition) is 4. The van der Waals surface area contributed by atoms with Crippen LogP contribution in [0.3, 0.4) is 0 Å². The van der Waals surface area contributed by atoms with Crippen molar-refractivity contribution in [2.75, 3.05) is 24.3 Å². The van der Waals surface area contributed by atoms with E-state index in [-0.39, 0.29) is 0 Å². The van der Waals surface area contributed by atoms with E-state index in [1.165, 1.54) is 0 Å². The molecule has 0 aliphatic carbocycles. The Morgan fingerprint density at radius 1 is 1.00 bits per heavy atom. The molecule has 0 radical (unpaired) electrons. The van der Waals surface area contributed by atoms with Gasteiger partial charge in [0, 0.05) is 16.2 Å². The maximum absolute atomic E-state index is 5.94. The first-order valence-electron chi connectivity index (χ1n) is 5.94. The van der Waals surface area contributed by atoms with Gasteiger partial charge in [0.2, 0.25) is 0 Å². The van der Waals surface area contributed by atoms with Crippen LogP contribution in [0.15, 0.2) is 40.9 Å². The molecule has 0 amide bonds. The number of fused-ring (bicyclic) bond motifs is 1. The van der Waals surface area contributed by atoms with Crippen molar-refractivity contribution in [3.8, 4) is 11.5 Å². The van der Waals surface area contributed by atoms with Crippen molar-refractivity contribution in [2.24, 2.45) is 0 Å². The topological polar surface area (TPSA) is 56.5 Å². The van der Waals surface area contributed by atoms with Crippen molar-refractivity contribution in [3.05, 3.63) is 40.9 Å². The monoisotopic (exact) mass is 320 g/mol. The van der Waals surface area contributed by atoms with Gasteiger partial charge in [-0.2, -0.15) is 0 Å². The Labute approximate surface area is 119 Å². The fourth-order valence-electron chi connectivity index (χ4n) is 1.91. The molecule has 0 bridgehead atoms. The summed E-state index contributed by atoms with van der Waals surface area (Å²) in [6, 6.07) is 11.4. The van der Waals surface area contributed by atoms with Gasteiger partial charge in [0.25, 0.3) is 0 Å². The lowest BCUT2D eigenvalue weighted by atomic mass is 10.2. The van der Waals surface area contributed by atoms with Gasteiger partial charge in [-0.3, -0.25) is 0 Å². The summed E-state index contributed by atoms with van der Waals surface area (Å²) < 4.78 is 12.0. The quantitative estimate of drug-likeness (QED) is 0.831. The van der Waals surface area contributed by atoms with Gasteiger partial charge in [-0.05, 0) is 30.3 Å². The van der Waals surface area contributed by atoms with E-state index in [4.69, 9.17) is 15.2 Å². The molecule has 0 spiro atoms. The summed E-state index contributed by atoms with van der Waals surface area (Å²) in [6.45, 7) is 1.17. The molecule has 1 heterocycles. The van der Waals surface area contributed by atoms with Gasteiger partial charge in [0.05, 0.1) is 11.4 Å². The van der Waals surface area contributed by atoms with Gasteiger partial charge in [0.15, 0.2) is 11.5 Å². The van der Waals surface area contributed by atoms with E-state index in [1.54, 1.807) is 0 Å². The summed E-state index contributed by atoms with van der Waals surface area (Å²) in [5.74, 6) is 1.53. The van der Waals surface area contributed by atoms with Crippen LogP contribution in [0.5, 0.6) is 11.5 Å². The van der Waals surface area contributed by atoms with Crippen molar-refractivity contribution in [2.45, 2.75) is 0 Å². The van der Waals surface area contributed by atoms with Crippen LogP contribution < -0.4 is 20.5 Å². The zero-order chi connectivity index (χ0) is 13.2. The summed E-state index contributed by atoms with van der Waals surface area (Å²) in [5.41, 5.74) is 8.39. The minimum absolute atomic E-state index is 0.579. The number of nitrogen functional groups attached to an aromatic ring is 1. The maximum atomic E-state index is 5.94. The van der Waals surface area contributed by atoms with Crippen LogP contribution in [-0.2, 0) is 0 Å². The van der Waals surface area contributed by atoms with E-state index in [0.29, 0.717) is 18.9 Å². The zero-order valence-electron chi connectivity index (χ0n) is 10.2. The first-order chi connectivity index (χ1) is 9.22. The summed E-state index contributed by atoms with van der Waals surface area (Å²) in [4.78, 5) is 0. The second kappa shape index (κ2) is 5.01. The van der Waals surface area contributed by atoms with E-state index in [1.807, 2.05) is 36.4 Å². The average molecular weight is 321 g/mol. The van der Waals surface area contributed by atoms with E-state index in [9.17, 15) is 0 Å². The van der Waals surface area contributed by atoms with Gasteiger partial charge in [-0.25, -0.2) is 0 Å². The van der Waals surface area contributed by atoms with Crippen LogP contribution in [0.1, 0.15) is 0 Å². The highest BCUT2D eigenvalue weighted by Gasteiger charge is 2.12. The van der Waals surface area contributed by atoms with E-state index in [2.05, 4.69) is 21.2 Å². The highest BCUT2D eigenvalue weighted by atomic mass is 79.9. The number of nitrogens with two attached hydrogens (primary N) is 1. The SMILES string of the molecule is Nc1ccc(Br)cc1Nc1ccc2c(c1)OCCO2. The molecule has 2 aromatic carbocycles. The molecular weight excluding hydrogens is 308 g/mol. The van der Waals surface area contributed by atoms with Crippen LogP contribution in [-0.4, -0.2) is 13.2 Å². The molecule has 5 heteroatoms. The summed E-state index contributed by atoms with van der Waals surface area (Å²) >= 11 is 3.43. The third-order valence-corrected chi connectivity index (χ3v) is 3.33. The Balaban J connectivity index is 1.89. The predicted octanol–water partition coefficient (Wildman–Crippen LogP) is 3.55. The normalized spacial score (nSPS) is 13.1. The lowest BCUT2D eigenvalue weighted by Crippen LogP contribution is -2.15. The van der Waals surface area contributed by atoms with E-state index < -0.39 is 0 Å². The minimum Gasteiger partial charge on any atom is -0.486 e. The number of nitrogens with one attached hydrogen (secondary N) is 1. The van der Waals surface area contributed by atoms with Crippen molar-refractivity contribution >= 4 is 33.0 Å². The van der Waals surface area contributed by atoms with Crippen LogP contribution in [0.2, 0.25) is 0 Å². The predicted molar refractivity (Wildman–Crippen MR) is 79.3 cm³/mol. The standard InChI is InChI=1S/C14H13BrN2O2/c15-9-1-3-11(16)12(7-9)17-10-2-4-13-14(8-10)19-6-5-18-13/h1-4,7-8,17H,5-6,16H2. The highest BCUT2D eigenvalue weighted by Crippen LogP contribution is 2.34. The molecule has 0 aromatic heterocycles. The average Bonchev–Trinajstić information content (AvgIpc) is 2.43. The van der Waals surface area contributed by atoms with Gasteiger partial charge < -0.3 is 20.5 Å². The van der Waals surface area contributed by atoms with Crippen LogP contribution in [0, 0.1) is 0 Å². The molecule has 3 N–H and O–H groups in total. The third-order valence-electron chi connectivity index (χ3n) is 2.84. The van der Waals surface area contributed by atoms with E-state index >= 15 is 0 Å². The highest BCUT2D eigenvalue weighted by molar-refractivity contribution is 9.10. The fourth-order valence-corrected chi connectivity index (χ4v) is 2.27. The van der Waals surface area contributed by atoms with Crippen molar-refractivity contribution in [1.82, 2.24) is 0 Å². The third kappa shape index (κ3) is 2.61. The van der Waals surface area contributed by atoms with Crippen LogP contribution >= 0.6 is 15.9 Å². The second-order valence-corrected chi connectivity index (χ2v) is 5.13. The Kier molecular flexibility index (Phi) is 3.21. The molecule has 0 saturated carbocycles. The molecule has 4 nitrogen and oxygen atoms in total. The zero-order valence-corrected chi connectivity index (χ0v) is 11.7. The molecule has 0 fully saturated rings. The molecule has 1 aliphatic heterocycles. The van der Waals surface area contributed by atoms with Crippen molar-refractivity contribution in [1.29, 1.82) is 0 Å². The largest absolute Gasteiger partial charge is 0.486 e. The number of anilines is 3. The fraction of sp³-hybridized carbons (Fsp3) is 0.143. The number of benzene rings is 2. The summed E-state index contributed by atoms with van der Waals surface area (Å²) in [7, 11) is 0. The first kappa shape index (κ1) is 12.2. The lowest BCUT2D eigenvalue weighted by Gasteiger charge is -2.19. The second-order valence-electron chi connectivity index (χ2n) is 4.22. The lowest BCUT2D eigenvalue weighted by molar-refractivity contribution is 0.171. The first-order valence-corrected chi connectivity index (χ1v) is 6.73. The van der Waals surface area contributed by atoms with Crippen LogP contribution in [0.4, 0.5) is 17.1 Å². The maximum Gasteiger partial charge on any atom is 0.163 e. The number of rotatable bonds is 2. The molecule has 2 aromatic rings. The summed E-state index contributed by atoms with van der Waals surface area (Å²) in [5, 5.41) is 3.27. The molecule has 1 aliphatic rings. The van der Waals surface area contributed by atoms with Crippen molar-refractivity contribution < 1.29 is 9.47 Å². The van der Waals surface area contributed by atoms with Crippen molar-refractivity contribution in [3.63, 3.8) is 0 Å². The number of halogens is 1. The smallest absolute Gasteiger partial charge is 0.163 e. The number of ether oxygens (including phenoxy) is 2. The molecule has 98 valence electrons. The molecule has 0 atom stereocenters. The van der Waals surface area contributed by atoms with Gasteiger partial charge in [-0.15, -0.1) is 0 Å². The van der Waals surface area contributed by atoms with Gasteiger partial charge in [-0.1, -0.05) is 15.9 Å². The Hall–Kier alpha value is -1.88. The molecular formula is C14H13BrN2O2. The Morgan fingerprint density at radius 2 is 1.79 bits per heavy atom. The Bertz CT molecular complexity index is 616. The molecule has 0 unspecified atom stereocenters.